The van der Waals surface area contributed by atoms with E-state index in [0.717, 1.165) is 18.3 Å². The molecule has 0 atom stereocenters. The molecule has 0 bridgehead atoms. The molecule has 0 unspecified atom stereocenters. The molecule has 13 heavy (non-hydrogen) atoms. The van der Waals surface area contributed by atoms with E-state index in [2.05, 4.69) is 25.7 Å². The van der Waals surface area contributed by atoms with E-state index < -0.39 is 5.97 Å². The topological polar surface area (TPSA) is 44.1 Å². The van der Waals surface area contributed by atoms with Gasteiger partial charge in [-0.15, -0.1) is 0 Å². The summed E-state index contributed by atoms with van der Waals surface area (Å²) in [7, 11) is 1.35. The second kappa shape index (κ2) is 5.01. The molecule has 0 aliphatic rings. The Kier molecular flexibility index (Phi) is 3.95. The number of nitrogens with zero attached hydrogens (tertiary/aromatic N) is 2. The molecule has 72 valence electrons. The summed E-state index contributed by atoms with van der Waals surface area (Å²) in [6.07, 6.45) is 4.33. The Bertz CT molecular complexity index is 285. The van der Waals surface area contributed by atoms with Crippen molar-refractivity contribution < 1.29 is 9.53 Å². The predicted molar refractivity (Wildman–Crippen MR) is 52.0 cm³/mol. The van der Waals surface area contributed by atoms with Crippen molar-refractivity contribution >= 4 is 21.9 Å². The number of ether oxygens (including phenoxy) is 1. The molecule has 1 rings (SSSR count). The third-order valence-corrected chi connectivity index (χ3v) is 2.14. The fourth-order valence-corrected chi connectivity index (χ4v) is 1.19. The Labute approximate surface area is 85.0 Å². The molecule has 0 spiro atoms. The van der Waals surface area contributed by atoms with Gasteiger partial charge in [0, 0.05) is 18.1 Å². The number of imidazole rings is 1. The van der Waals surface area contributed by atoms with Gasteiger partial charge in [-0.3, -0.25) is 0 Å². The Hall–Kier alpha value is -0.840. The molecule has 1 aromatic heterocycles. The zero-order valence-electron chi connectivity index (χ0n) is 7.36. The van der Waals surface area contributed by atoms with Crippen LogP contribution in [0.1, 0.15) is 16.9 Å². The summed E-state index contributed by atoms with van der Waals surface area (Å²) in [5, 5.41) is 0.943. The van der Waals surface area contributed by atoms with Crippen LogP contribution in [0.5, 0.6) is 0 Å². The van der Waals surface area contributed by atoms with Crippen LogP contribution in [-0.2, 0) is 11.3 Å². The zero-order valence-corrected chi connectivity index (χ0v) is 8.95. The van der Waals surface area contributed by atoms with Crippen LogP contribution < -0.4 is 0 Å². The highest BCUT2D eigenvalue weighted by Crippen LogP contribution is 2.00. The van der Waals surface area contributed by atoms with E-state index in [0.29, 0.717) is 5.69 Å². The quantitative estimate of drug-likeness (QED) is 0.597. The molecule has 0 aliphatic heterocycles. The second-order valence-corrected chi connectivity index (χ2v) is 3.32. The van der Waals surface area contributed by atoms with E-state index in [1.54, 1.807) is 12.5 Å². The number of rotatable bonds is 4. The number of aryl methyl sites for hydroxylation is 1. The van der Waals surface area contributed by atoms with Crippen molar-refractivity contribution in [2.24, 2.45) is 0 Å². The minimum atomic E-state index is -0.391. The number of carbonyl (C=O) groups excluding carboxylic acids is 1. The average molecular weight is 247 g/mol. The predicted octanol–water partition coefficient (Wildman–Crippen LogP) is 1.45. The van der Waals surface area contributed by atoms with Crippen molar-refractivity contribution in [2.75, 3.05) is 12.4 Å². The smallest absolute Gasteiger partial charge is 0.358 e. The summed E-state index contributed by atoms with van der Waals surface area (Å²) < 4.78 is 6.40. The first kappa shape index (κ1) is 10.2. The fraction of sp³-hybridized carbons (Fsp3) is 0.500. The van der Waals surface area contributed by atoms with Gasteiger partial charge in [-0.2, -0.15) is 0 Å². The van der Waals surface area contributed by atoms with Gasteiger partial charge in [-0.05, 0) is 6.42 Å². The molecule has 0 aromatic carbocycles. The lowest BCUT2D eigenvalue weighted by Gasteiger charge is -1.97. The highest BCUT2D eigenvalue weighted by Gasteiger charge is 2.07. The molecule has 1 aromatic rings. The summed E-state index contributed by atoms with van der Waals surface area (Å²) in [5.41, 5.74) is 0.358. The van der Waals surface area contributed by atoms with Gasteiger partial charge in [0.05, 0.1) is 13.4 Å². The summed E-state index contributed by atoms with van der Waals surface area (Å²) in [5.74, 6) is -0.391. The first-order chi connectivity index (χ1) is 6.27. The van der Waals surface area contributed by atoms with Crippen molar-refractivity contribution in [2.45, 2.75) is 13.0 Å². The molecule has 0 N–H and O–H groups in total. The second-order valence-electron chi connectivity index (χ2n) is 2.53. The number of halogens is 1. The summed E-state index contributed by atoms with van der Waals surface area (Å²) >= 11 is 3.33. The number of hydrogen-bond donors (Lipinski definition) is 0. The van der Waals surface area contributed by atoms with E-state index in [1.165, 1.54) is 7.11 Å². The van der Waals surface area contributed by atoms with E-state index >= 15 is 0 Å². The van der Waals surface area contributed by atoms with Gasteiger partial charge >= 0.3 is 5.97 Å². The molecular weight excluding hydrogens is 236 g/mol. The van der Waals surface area contributed by atoms with Gasteiger partial charge in [-0.1, -0.05) is 15.9 Å². The standard InChI is InChI=1S/C8H11BrN2O2/c1-13-8(12)7-5-11(6-10-7)4-2-3-9/h5-6H,2-4H2,1H3. The molecule has 1 heterocycles. The normalized spacial score (nSPS) is 10.0. The van der Waals surface area contributed by atoms with Crippen LogP contribution in [0.2, 0.25) is 0 Å². The first-order valence-corrected chi connectivity index (χ1v) is 5.06. The minimum Gasteiger partial charge on any atom is -0.464 e. The average Bonchev–Trinajstić information content (AvgIpc) is 2.62. The van der Waals surface area contributed by atoms with Crippen LogP contribution in [0.3, 0.4) is 0 Å². The van der Waals surface area contributed by atoms with Gasteiger partial charge in [0.15, 0.2) is 5.69 Å². The third kappa shape index (κ3) is 2.84. The largest absolute Gasteiger partial charge is 0.464 e. The van der Waals surface area contributed by atoms with Crippen molar-refractivity contribution in [3.8, 4) is 0 Å². The molecule has 0 saturated carbocycles. The van der Waals surface area contributed by atoms with Gasteiger partial charge in [0.2, 0.25) is 0 Å². The highest BCUT2D eigenvalue weighted by atomic mass is 79.9. The van der Waals surface area contributed by atoms with Crippen LogP contribution >= 0.6 is 15.9 Å². The first-order valence-electron chi connectivity index (χ1n) is 3.94. The number of alkyl halides is 1. The lowest BCUT2D eigenvalue weighted by atomic mass is 10.4. The van der Waals surface area contributed by atoms with E-state index in [4.69, 9.17) is 0 Å². The van der Waals surface area contributed by atoms with Gasteiger partial charge in [0.25, 0.3) is 0 Å². The van der Waals surface area contributed by atoms with Gasteiger partial charge in [-0.25, -0.2) is 9.78 Å². The monoisotopic (exact) mass is 246 g/mol. The molecule has 0 saturated heterocycles. The minimum absolute atomic E-state index is 0.358. The number of carbonyl (C=O) groups is 1. The van der Waals surface area contributed by atoms with Crippen LogP contribution in [-0.4, -0.2) is 28.0 Å². The fourth-order valence-electron chi connectivity index (χ4n) is 0.935. The molecule has 0 fully saturated rings. The molecule has 0 amide bonds. The molecular formula is C8H11BrN2O2. The maximum absolute atomic E-state index is 11.0. The molecule has 4 nitrogen and oxygen atoms in total. The maximum atomic E-state index is 11.0. The molecule has 5 heteroatoms. The Morgan fingerprint density at radius 1 is 1.77 bits per heavy atom. The highest BCUT2D eigenvalue weighted by molar-refractivity contribution is 9.09. The van der Waals surface area contributed by atoms with Gasteiger partial charge < -0.3 is 9.30 Å². The van der Waals surface area contributed by atoms with Crippen LogP contribution in [0, 0.1) is 0 Å². The van der Waals surface area contributed by atoms with E-state index in [9.17, 15) is 4.79 Å². The van der Waals surface area contributed by atoms with E-state index in [-0.39, 0.29) is 0 Å². The lowest BCUT2D eigenvalue weighted by Crippen LogP contribution is -2.01. The number of esters is 1. The number of hydrogen-bond acceptors (Lipinski definition) is 3. The van der Waals surface area contributed by atoms with Crippen molar-refractivity contribution in [3.05, 3.63) is 18.2 Å². The van der Waals surface area contributed by atoms with Crippen molar-refractivity contribution in [3.63, 3.8) is 0 Å². The van der Waals surface area contributed by atoms with Crippen molar-refractivity contribution in [1.29, 1.82) is 0 Å². The van der Waals surface area contributed by atoms with E-state index in [1.807, 2.05) is 4.57 Å². The summed E-state index contributed by atoms with van der Waals surface area (Å²) in [6.45, 7) is 0.856. The lowest BCUT2D eigenvalue weighted by molar-refractivity contribution is 0.0594. The summed E-state index contributed by atoms with van der Waals surface area (Å²) in [6, 6.07) is 0. The van der Waals surface area contributed by atoms with Crippen LogP contribution in [0.4, 0.5) is 0 Å². The van der Waals surface area contributed by atoms with Crippen LogP contribution in [0.15, 0.2) is 12.5 Å². The zero-order chi connectivity index (χ0) is 9.68. The van der Waals surface area contributed by atoms with Crippen molar-refractivity contribution in [1.82, 2.24) is 9.55 Å². The SMILES string of the molecule is COC(=O)c1cn(CCCBr)cn1. The number of methoxy groups -OCH3 is 1. The maximum Gasteiger partial charge on any atom is 0.358 e. The summed E-state index contributed by atoms with van der Waals surface area (Å²) in [4.78, 5) is 14.9. The van der Waals surface area contributed by atoms with Crippen LogP contribution in [0.25, 0.3) is 0 Å². The Balaban J connectivity index is 2.58. The molecule has 0 radical (unpaired) electrons. The van der Waals surface area contributed by atoms with Gasteiger partial charge in [0.1, 0.15) is 0 Å². The third-order valence-electron chi connectivity index (χ3n) is 1.58. The molecule has 0 aliphatic carbocycles. The number of aromatic nitrogens is 2. The Morgan fingerprint density at radius 3 is 3.15 bits per heavy atom. The Morgan fingerprint density at radius 2 is 2.54 bits per heavy atom.